The van der Waals surface area contributed by atoms with Crippen molar-refractivity contribution in [2.24, 2.45) is 0 Å². The monoisotopic (exact) mass is 212 g/mol. The van der Waals surface area contributed by atoms with Crippen molar-refractivity contribution in [3.8, 4) is 0 Å². The van der Waals surface area contributed by atoms with E-state index in [0.717, 1.165) is 10.7 Å². The molecule has 0 aliphatic carbocycles. The SMILES string of the molecule is CC(O)C(O)Cc1cn2ccsc2n1. The summed E-state index contributed by atoms with van der Waals surface area (Å²) in [7, 11) is 0. The Morgan fingerprint density at radius 2 is 2.36 bits per heavy atom. The van der Waals surface area contributed by atoms with Crippen LogP contribution in [0.2, 0.25) is 0 Å². The highest BCUT2D eigenvalue weighted by Gasteiger charge is 2.13. The van der Waals surface area contributed by atoms with Crippen molar-refractivity contribution in [1.29, 1.82) is 0 Å². The topological polar surface area (TPSA) is 57.8 Å². The van der Waals surface area contributed by atoms with Crippen LogP contribution in [0.5, 0.6) is 0 Å². The van der Waals surface area contributed by atoms with Gasteiger partial charge in [0.05, 0.1) is 17.9 Å². The summed E-state index contributed by atoms with van der Waals surface area (Å²) in [6.45, 7) is 1.57. The van der Waals surface area contributed by atoms with Crippen molar-refractivity contribution in [1.82, 2.24) is 9.38 Å². The first-order valence-corrected chi connectivity index (χ1v) is 5.32. The average molecular weight is 212 g/mol. The number of hydrogen-bond acceptors (Lipinski definition) is 4. The van der Waals surface area contributed by atoms with Gasteiger partial charge in [0.1, 0.15) is 0 Å². The number of nitrogens with zero attached hydrogens (tertiary/aromatic N) is 2. The van der Waals surface area contributed by atoms with Crippen LogP contribution in [0.3, 0.4) is 0 Å². The molecule has 0 bridgehead atoms. The first-order valence-electron chi connectivity index (χ1n) is 4.44. The van der Waals surface area contributed by atoms with Crippen molar-refractivity contribution >= 4 is 16.3 Å². The number of hydrogen-bond donors (Lipinski definition) is 2. The molecule has 0 aromatic carbocycles. The summed E-state index contributed by atoms with van der Waals surface area (Å²) in [5.74, 6) is 0. The molecule has 2 unspecified atom stereocenters. The number of rotatable bonds is 3. The Balaban J connectivity index is 2.15. The van der Waals surface area contributed by atoms with Gasteiger partial charge in [0.25, 0.3) is 0 Å². The van der Waals surface area contributed by atoms with E-state index in [2.05, 4.69) is 4.98 Å². The van der Waals surface area contributed by atoms with Crippen LogP contribution in [-0.4, -0.2) is 31.8 Å². The Morgan fingerprint density at radius 1 is 1.57 bits per heavy atom. The van der Waals surface area contributed by atoms with Crippen LogP contribution in [0, 0.1) is 0 Å². The molecule has 2 rings (SSSR count). The first-order chi connectivity index (χ1) is 6.66. The Kier molecular flexibility index (Phi) is 2.54. The molecule has 14 heavy (non-hydrogen) atoms. The highest BCUT2D eigenvalue weighted by Crippen LogP contribution is 2.13. The molecule has 5 heteroatoms. The second-order valence-corrected chi connectivity index (χ2v) is 4.21. The summed E-state index contributed by atoms with van der Waals surface area (Å²) in [4.78, 5) is 5.22. The van der Waals surface area contributed by atoms with E-state index in [9.17, 15) is 5.11 Å². The highest BCUT2D eigenvalue weighted by atomic mass is 32.1. The fraction of sp³-hybridized carbons (Fsp3) is 0.444. The lowest BCUT2D eigenvalue weighted by Gasteiger charge is -2.10. The van der Waals surface area contributed by atoms with Crippen molar-refractivity contribution in [3.05, 3.63) is 23.5 Å². The molecule has 0 spiro atoms. The van der Waals surface area contributed by atoms with Crippen LogP contribution in [-0.2, 0) is 6.42 Å². The molecular formula is C9H12N2O2S. The average Bonchev–Trinajstić information content (AvgIpc) is 2.63. The molecule has 2 heterocycles. The minimum atomic E-state index is -0.736. The maximum atomic E-state index is 9.45. The summed E-state index contributed by atoms with van der Waals surface area (Å²) in [6.07, 6.45) is 2.74. The predicted octanol–water partition coefficient (Wildman–Crippen LogP) is 0.680. The van der Waals surface area contributed by atoms with Gasteiger partial charge < -0.3 is 10.2 Å². The van der Waals surface area contributed by atoms with Gasteiger partial charge in [0, 0.05) is 24.2 Å². The smallest absolute Gasteiger partial charge is 0.193 e. The molecule has 0 saturated heterocycles. The Bertz CT molecular complexity index is 393. The van der Waals surface area contributed by atoms with E-state index in [0.29, 0.717) is 6.42 Å². The molecule has 0 saturated carbocycles. The van der Waals surface area contributed by atoms with Crippen LogP contribution < -0.4 is 0 Å². The molecule has 4 nitrogen and oxygen atoms in total. The van der Waals surface area contributed by atoms with Crippen LogP contribution in [0.4, 0.5) is 0 Å². The second-order valence-electron chi connectivity index (χ2n) is 3.34. The highest BCUT2D eigenvalue weighted by molar-refractivity contribution is 7.15. The summed E-state index contributed by atoms with van der Waals surface area (Å²) in [5, 5.41) is 20.5. The minimum absolute atomic E-state index is 0.395. The van der Waals surface area contributed by atoms with Crippen molar-refractivity contribution < 1.29 is 10.2 Å². The molecule has 76 valence electrons. The number of thiazole rings is 1. The molecule has 0 aliphatic rings. The van der Waals surface area contributed by atoms with Crippen LogP contribution in [0.25, 0.3) is 4.96 Å². The molecular weight excluding hydrogens is 200 g/mol. The molecule has 0 amide bonds. The first kappa shape index (κ1) is 9.64. The summed E-state index contributed by atoms with van der Waals surface area (Å²) in [5.41, 5.74) is 0.810. The molecule has 0 fully saturated rings. The van der Waals surface area contributed by atoms with E-state index in [4.69, 9.17) is 5.11 Å². The van der Waals surface area contributed by atoms with Gasteiger partial charge in [0.2, 0.25) is 0 Å². The lowest BCUT2D eigenvalue weighted by Crippen LogP contribution is -2.24. The number of aromatic nitrogens is 2. The molecule has 2 aromatic heterocycles. The van der Waals surface area contributed by atoms with Gasteiger partial charge in [-0.05, 0) is 6.92 Å². The number of imidazole rings is 1. The van der Waals surface area contributed by atoms with Gasteiger partial charge in [-0.1, -0.05) is 0 Å². The fourth-order valence-corrected chi connectivity index (χ4v) is 1.98. The van der Waals surface area contributed by atoms with Gasteiger partial charge in [-0.15, -0.1) is 11.3 Å². The van der Waals surface area contributed by atoms with E-state index in [1.165, 1.54) is 0 Å². The zero-order valence-electron chi connectivity index (χ0n) is 7.79. The Hall–Kier alpha value is -0.910. The van der Waals surface area contributed by atoms with Crippen molar-refractivity contribution in [3.63, 3.8) is 0 Å². The van der Waals surface area contributed by atoms with E-state index in [1.807, 2.05) is 22.2 Å². The maximum Gasteiger partial charge on any atom is 0.193 e. The molecule has 2 atom stereocenters. The molecule has 0 radical (unpaired) electrons. The molecule has 0 aliphatic heterocycles. The summed E-state index contributed by atoms with van der Waals surface area (Å²) < 4.78 is 1.91. The lowest BCUT2D eigenvalue weighted by molar-refractivity contribution is 0.0314. The number of fused-ring (bicyclic) bond motifs is 1. The van der Waals surface area contributed by atoms with E-state index >= 15 is 0 Å². The number of aliphatic hydroxyl groups is 2. The second kappa shape index (κ2) is 3.68. The zero-order valence-corrected chi connectivity index (χ0v) is 8.61. The third-order valence-electron chi connectivity index (χ3n) is 2.12. The van der Waals surface area contributed by atoms with Gasteiger partial charge >= 0.3 is 0 Å². The van der Waals surface area contributed by atoms with Gasteiger partial charge in [-0.3, -0.25) is 4.40 Å². The van der Waals surface area contributed by atoms with E-state index in [-0.39, 0.29) is 0 Å². The zero-order chi connectivity index (χ0) is 10.1. The Labute approximate surface area is 85.5 Å². The van der Waals surface area contributed by atoms with Crippen molar-refractivity contribution in [2.75, 3.05) is 0 Å². The molecule has 2 aromatic rings. The fourth-order valence-electron chi connectivity index (χ4n) is 1.26. The van der Waals surface area contributed by atoms with Crippen molar-refractivity contribution in [2.45, 2.75) is 25.6 Å². The van der Waals surface area contributed by atoms with E-state index < -0.39 is 12.2 Å². The van der Waals surface area contributed by atoms with Crippen LogP contribution >= 0.6 is 11.3 Å². The Morgan fingerprint density at radius 3 is 3.00 bits per heavy atom. The standard InChI is InChI=1S/C9H12N2O2S/c1-6(12)8(13)4-7-5-11-2-3-14-9(11)10-7/h2-3,5-6,8,12-13H,4H2,1H3. The normalized spacial score (nSPS) is 15.9. The van der Waals surface area contributed by atoms with Gasteiger partial charge in [-0.25, -0.2) is 4.98 Å². The lowest BCUT2D eigenvalue weighted by atomic mass is 10.1. The van der Waals surface area contributed by atoms with Gasteiger partial charge in [0.15, 0.2) is 4.96 Å². The van der Waals surface area contributed by atoms with Gasteiger partial charge in [-0.2, -0.15) is 0 Å². The quantitative estimate of drug-likeness (QED) is 0.786. The maximum absolute atomic E-state index is 9.45. The third kappa shape index (κ3) is 1.79. The summed E-state index contributed by atoms with van der Waals surface area (Å²) in [6, 6.07) is 0. The predicted molar refractivity (Wildman–Crippen MR) is 54.5 cm³/mol. The third-order valence-corrected chi connectivity index (χ3v) is 2.89. The van der Waals surface area contributed by atoms with Crippen LogP contribution in [0.15, 0.2) is 17.8 Å². The molecule has 2 N–H and O–H groups in total. The largest absolute Gasteiger partial charge is 0.391 e. The minimum Gasteiger partial charge on any atom is -0.391 e. The summed E-state index contributed by atoms with van der Waals surface area (Å²) >= 11 is 1.55. The van der Waals surface area contributed by atoms with E-state index in [1.54, 1.807) is 18.3 Å². The van der Waals surface area contributed by atoms with Crippen LogP contribution in [0.1, 0.15) is 12.6 Å². The number of aliphatic hydroxyl groups excluding tert-OH is 2.